The van der Waals surface area contributed by atoms with Crippen LogP contribution >= 0.6 is 0 Å². The fourth-order valence-electron chi connectivity index (χ4n) is 6.30. The first-order valence-corrected chi connectivity index (χ1v) is 9.36. The normalized spacial score (nSPS) is 35.6. The molecular formula is C18H24N4O3. The Morgan fingerprint density at radius 2 is 1.76 bits per heavy atom. The zero-order valence-electron chi connectivity index (χ0n) is 14.3. The van der Waals surface area contributed by atoms with E-state index in [1.54, 1.807) is 11.7 Å². The Hall–Kier alpha value is -1.89. The average molecular weight is 344 g/mol. The van der Waals surface area contributed by atoms with Crippen molar-refractivity contribution in [2.24, 2.45) is 23.2 Å². The first kappa shape index (κ1) is 15.4. The van der Waals surface area contributed by atoms with Crippen LogP contribution in [0.1, 0.15) is 54.8 Å². The Balaban J connectivity index is 1.37. The SMILES string of the molecule is O=C(NO)c1cn2c(n1)CN(C(=O)C13CC4CC(CC(C4)C1)C3)CC2. The van der Waals surface area contributed by atoms with Crippen molar-refractivity contribution in [2.45, 2.75) is 51.6 Å². The Morgan fingerprint density at radius 3 is 2.36 bits per heavy atom. The molecule has 0 radical (unpaired) electrons. The van der Waals surface area contributed by atoms with Gasteiger partial charge in [-0.05, 0) is 56.3 Å². The Bertz CT molecular complexity index is 705. The molecule has 0 spiro atoms. The van der Waals surface area contributed by atoms with Gasteiger partial charge in [0.05, 0.1) is 12.0 Å². The van der Waals surface area contributed by atoms with Crippen molar-refractivity contribution in [1.29, 1.82) is 0 Å². The van der Waals surface area contributed by atoms with Crippen molar-refractivity contribution in [1.82, 2.24) is 19.9 Å². The molecule has 0 saturated heterocycles. The molecule has 0 aromatic carbocycles. The molecule has 1 aromatic heterocycles. The minimum absolute atomic E-state index is 0.130. The Morgan fingerprint density at radius 1 is 1.12 bits per heavy atom. The zero-order valence-corrected chi connectivity index (χ0v) is 14.3. The summed E-state index contributed by atoms with van der Waals surface area (Å²) in [4.78, 5) is 31.2. The predicted molar refractivity (Wildman–Crippen MR) is 87.5 cm³/mol. The molecule has 7 heteroatoms. The van der Waals surface area contributed by atoms with Gasteiger partial charge in [-0.15, -0.1) is 0 Å². The van der Waals surface area contributed by atoms with Crippen LogP contribution in [0.5, 0.6) is 0 Å². The van der Waals surface area contributed by atoms with Crippen LogP contribution in [0.25, 0.3) is 0 Å². The highest BCUT2D eigenvalue weighted by molar-refractivity contribution is 5.91. The van der Waals surface area contributed by atoms with E-state index in [1.165, 1.54) is 19.3 Å². The lowest BCUT2D eigenvalue weighted by atomic mass is 9.49. The van der Waals surface area contributed by atoms with Gasteiger partial charge in [0.2, 0.25) is 5.91 Å². The second kappa shape index (κ2) is 5.30. The number of fused-ring (bicyclic) bond motifs is 1. The molecule has 1 aromatic rings. The largest absolute Gasteiger partial charge is 0.333 e. The van der Waals surface area contributed by atoms with E-state index < -0.39 is 5.91 Å². The number of nitrogens with zero attached hydrogens (tertiary/aromatic N) is 3. The fraction of sp³-hybridized carbons (Fsp3) is 0.722. The maximum Gasteiger partial charge on any atom is 0.294 e. The average Bonchev–Trinajstić information content (AvgIpc) is 3.02. The first-order chi connectivity index (χ1) is 12.1. The van der Waals surface area contributed by atoms with E-state index in [2.05, 4.69) is 4.98 Å². The van der Waals surface area contributed by atoms with Gasteiger partial charge >= 0.3 is 0 Å². The number of aromatic nitrogens is 2. The third kappa shape index (κ3) is 2.32. The molecule has 2 heterocycles. The summed E-state index contributed by atoms with van der Waals surface area (Å²) in [5, 5.41) is 8.77. The molecule has 4 aliphatic carbocycles. The third-order valence-electron chi connectivity index (χ3n) is 6.92. The molecule has 25 heavy (non-hydrogen) atoms. The maximum atomic E-state index is 13.4. The standard InChI is InChI=1S/C18H24N4O3/c23-16(20-25)14-9-21-1-2-22(10-15(21)19-14)17(24)18-6-11-3-12(7-18)5-13(4-11)8-18/h9,11-13,25H,1-8,10H2,(H,20,23). The highest BCUT2D eigenvalue weighted by Crippen LogP contribution is 2.60. The lowest BCUT2D eigenvalue weighted by molar-refractivity contribution is -0.159. The van der Waals surface area contributed by atoms with Gasteiger partial charge in [0.1, 0.15) is 11.5 Å². The van der Waals surface area contributed by atoms with Gasteiger partial charge in [-0.25, -0.2) is 10.5 Å². The Kier molecular flexibility index (Phi) is 3.26. The number of amides is 2. The van der Waals surface area contributed by atoms with E-state index in [0.717, 1.165) is 42.8 Å². The van der Waals surface area contributed by atoms with Crippen LogP contribution in [0.15, 0.2) is 6.20 Å². The number of hydrogen-bond acceptors (Lipinski definition) is 4. The number of hydrogen-bond donors (Lipinski definition) is 2. The van der Waals surface area contributed by atoms with Crippen molar-refractivity contribution in [3.8, 4) is 0 Å². The van der Waals surface area contributed by atoms with Gasteiger partial charge in [-0.1, -0.05) is 0 Å². The lowest BCUT2D eigenvalue weighted by Gasteiger charge is -2.56. The molecule has 134 valence electrons. The van der Waals surface area contributed by atoms with Crippen molar-refractivity contribution < 1.29 is 14.8 Å². The van der Waals surface area contributed by atoms with Crippen LogP contribution < -0.4 is 5.48 Å². The number of carbonyl (C=O) groups excluding carboxylic acids is 2. The van der Waals surface area contributed by atoms with Crippen molar-refractivity contribution in [3.05, 3.63) is 17.7 Å². The molecule has 4 bridgehead atoms. The van der Waals surface area contributed by atoms with Gasteiger partial charge in [0.15, 0.2) is 0 Å². The molecule has 2 amide bonds. The number of imidazole rings is 1. The minimum atomic E-state index is -0.610. The first-order valence-electron chi connectivity index (χ1n) is 9.36. The smallest absolute Gasteiger partial charge is 0.294 e. The number of nitrogens with one attached hydrogen (secondary N) is 1. The highest BCUT2D eigenvalue weighted by atomic mass is 16.5. The molecular weight excluding hydrogens is 320 g/mol. The maximum absolute atomic E-state index is 13.4. The topological polar surface area (TPSA) is 87.5 Å². The summed E-state index contributed by atoms with van der Waals surface area (Å²) < 4.78 is 1.91. The van der Waals surface area contributed by atoms with Crippen molar-refractivity contribution in [3.63, 3.8) is 0 Å². The van der Waals surface area contributed by atoms with Crippen LogP contribution in [0, 0.1) is 23.2 Å². The van der Waals surface area contributed by atoms with E-state index in [-0.39, 0.29) is 11.1 Å². The van der Waals surface area contributed by atoms with Crippen LogP contribution in [-0.2, 0) is 17.9 Å². The van der Waals surface area contributed by atoms with Crippen LogP contribution in [-0.4, -0.2) is 38.0 Å². The lowest BCUT2D eigenvalue weighted by Crippen LogP contribution is -2.55. The number of carbonyl (C=O) groups is 2. The molecule has 2 N–H and O–H groups in total. The van der Waals surface area contributed by atoms with E-state index in [0.29, 0.717) is 25.5 Å². The minimum Gasteiger partial charge on any atom is -0.333 e. The van der Waals surface area contributed by atoms with Crippen LogP contribution in [0.3, 0.4) is 0 Å². The second-order valence-corrected chi connectivity index (χ2v) is 8.60. The summed E-state index contributed by atoms with van der Waals surface area (Å²) in [5.41, 5.74) is 1.68. The van der Waals surface area contributed by atoms with Gasteiger partial charge < -0.3 is 9.47 Å². The summed E-state index contributed by atoms with van der Waals surface area (Å²) in [6.45, 7) is 1.78. The molecule has 4 saturated carbocycles. The number of hydroxylamine groups is 1. The van der Waals surface area contributed by atoms with E-state index in [4.69, 9.17) is 5.21 Å². The van der Waals surface area contributed by atoms with Gasteiger partial charge in [0.25, 0.3) is 5.91 Å². The predicted octanol–water partition coefficient (Wildman–Crippen LogP) is 1.56. The molecule has 0 unspecified atom stereocenters. The number of rotatable bonds is 2. The van der Waals surface area contributed by atoms with Crippen molar-refractivity contribution in [2.75, 3.05) is 6.54 Å². The second-order valence-electron chi connectivity index (χ2n) is 8.60. The summed E-state index contributed by atoms with van der Waals surface area (Å²) in [6.07, 6.45) is 8.85. The molecule has 0 atom stereocenters. The molecule has 7 nitrogen and oxygen atoms in total. The molecule has 1 aliphatic heterocycles. The van der Waals surface area contributed by atoms with Gasteiger partial charge in [0, 0.05) is 19.3 Å². The van der Waals surface area contributed by atoms with E-state index in [1.807, 2.05) is 9.47 Å². The van der Waals surface area contributed by atoms with E-state index in [9.17, 15) is 9.59 Å². The monoisotopic (exact) mass is 344 g/mol. The van der Waals surface area contributed by atoms with Crippen molar-refractivity contribution >= 4 is 11.8 Å². The fourth-order valence-corrected chi connectivity index (χ4v) is 6.30. The Labute approximate surface area is 146 Å². The molecule has 6 rings (SSSR count). The van der Waals surface area contributed by atoms with Gasteiger partial charge in [-0.3, -0.25) is 14.8 Å². The summed E-state index contributed by atoms with van der Waals surface area (Å²) in [7, 11) is 0. The van der Waals surface area contributed by atoms with Gasteiger partial charge in [-0.2, -0.15) is 0 Å². The quantitative estimate of drug-likeness (QED) is 0.630. The summed E-state index contributed by atoms with van der Waals surface area (Å²) in [6, 6.07) is 0. The summed E-state index contributed by atoms with van der Waals surface area (Å²) in [5.74, 6) is 2.68. The molecule has 5 aliphatic rings. The third-order valence-corrected chi connectivity index (χ3v) is 6.92. The highest BCUT2D eigenvalue weighted by Gasteiger charge is 2.55. The van der Waals surface area contributed by atoms with Crippen LogP contribution in [0.4, 0.5) is 0 Å². The van der Waals surface area contributed by atoms with E-state index >= 15 is 0 Å². The van der Waals surface area contributed by atoms with Crippen LogP contribution in [0.2, 0.25) is 0 Å². The molecule has 4 fully saturated rings. The zero-order chi connectivity index (χ0) is 17.2. The summed E-state index contributed by atoms with van der Waals surface area (Å²) >= 11 is 0.